The zero-order valence-corrected chi connectivity index (χ0v) is 33.2. The van der Waals surface area contributed by atoms with Gasteiger partial charge in [-0.05, 0) is 80.2 Å². The average molecular weight is 769 g/mol. The second-order valence-electron chi connectivity index (χ2n) is 15.8. The molecule has 0 bridgehead atoms. The predicted molar refractivity (Wildman–Crippen MR) is 249 cm³/mol. The summed E-state index contributed by atoms with van der Waals surface area (Å²) in [6, 6.07) is 72.6. The zero-order chi connectivity index (χ0) is 39.1. The Balaban J connectivity index is 1.02. The lowest BCUT2D eigenvalue weighted by Gasteiger charge is -2.28. The van der Waals surface area contributed by atoms with Crippen LogP contribution in [0, 0.1) is 0 Å². The Morgan fingerprint density at radius 3 is 1.83 bits per heavy atom. The van der Waals surface area contributed by atoms with E-state index < -0.39 is 0 Å². The second kappa shape index (κ2) is 13.2. The van der Waals surface area contributed by atoms with E-state index in [0.717, 1.165) is 33.6 Å². The Labute approximate surface area is 346 Å². The third-order valence-electron chi connectivity index (χ3n) is 12.6. The summed E-state index contributed by atoms with van der Waals surface area (Å²) in [5.74, 6) is 0.712. The van der Waals surface area contributed by atoms with Gasteiger partial charge in [-0.25, -0.2) is 9.97 Å². The fraction of sp³-hybridized carbons (Fsp3) is 0.0357. The van der Waals surface area contributed by atoms with Crippen LogP contribution in [0.5, 0.6) is 0 Å². The summed E-state index contributed by atoms with van der Waals surface area (Å²) in [4.78, 5) is 10.6. The molecule has 0 radical (unpaired) electrons. The Kier molecular flexibility index (Phi) is 7.57. The summed E-state index contributed by atoms with van der Waals surface area (Å²) in [5.41, 5.74) is 13.4. The van der Waals surface area contributed by atoms with Crippen LogP contribution in [0.2, 0.25) is 0 Å². The van der Waals surface area contributed by atoms with Gasteiger partial charge >= 0.3 is 0 Å². The van der Waals surface area contributed by atoms with Gasteiger partial charge in [-0.15, -0.1) is 11.3 Å². The molecule has 2 aromatic heterocycles. The summed E-state index contributed by atoms with van der Waals surface area (Å²) >= 11 is 1.90. The predicted octanol–water partition coefficient (Wildman–Crippen LogP) is 15.2. The van der Waals surface area contributed by atoms with Crippen molar-refractivity contribution in [1.82, 2.24) is 9.97 Å². The standard InChI is InChI=1S/C56H36N2S/c1-56(39-20-6-3-7-21-39)47-28-13-12-26-44(47)52-45(27-15-29-48(52)56)50-34-49(57-55(58-50)35-16-4-2-5-17-35)38-19-14-18-36(32-38)37-30-31-46-51(33-37)59-54-43-25-11-9-23-41(43)40-22-8-10-24-42(40)53(46)54/h2-34H,1H3. The molecule has 0 N–H and O–H groups in total. The lowest BCUT2D eigenvalue weighted by molar-refractivity contribution is 0.714. The number of rotatable bonds is 5. The molecule has 11 aromatic rings. The summed E-state index contributed by atoms with van der Waals surface area (Å²) in [5, 5.41) is 7.90. The van der Waals surface area contributed by atoms with Crippen molar-refractivity contribution in [2.24, 2.45) is 0 Å². The molecule has 0 fully saturated rings. The number of aromatic nitrogens is 2. The van der Waals surface area contributed by atoms with Gasteiger partial charge in [0.05, 0.1) is 11.4 Å². The van der Waals surface area contributed by atoms with E-state index in [2.05, 4.69) is 201 Å². The first-order valence-electron chi connectivity index (χ1n) is 20.2. The normalized spacial score (nSPS) is 14.6. The van der Waals surface area contributed by atoms with Crippen molar-refractivity contribution in [2.45, 2.75) is 12.3 Å². The molecule has 0 saturated heterocycles. The first kappa shape index (κ1) is 33.9. The summed E-state index contributed by atoms with van der Waals surface area (Å²) in [6.45, 7) is 2.36. The van der Waals surface area contributed by atoms with E-state index in [-0.39, 0.29) is 5.41 Å². The molecular formula is C56H36N2S. The van der Waals surface area contributed by atoms with Crippen molar-refractivity contribution in [2.75, 3.05) is 0 Å². The zero-order valence-electron chi connectivity index (χ0n) is 32.4. The van der Waals surface area contributed by atoms with E-state index >= 15 is 0 Å². The third-order valence-corrected chi connectivity index (χ3v) is 13.7. The van der Waals surface area contributed by atoms with Crippen LogP contribution >= 0.6 is 11.3 Å². The molecule has 12 rings (SSSR count). The molecule has 0 spiro atoms. The van der Waals surface area contributed by atoms with Gasteiger partial charge in [0.1, 0.15) is 0 Å². The highest BCUT2D eigenvalue weighted by Gasteiger charge is 2.41. The minimum Gasteiger partial charge on any atom is -0.228 e. The first-order valence-corrected chi connectivity index (χ1v) is 21.1. The van der Waals surface area contributed by atoms with E-state index in [1.807, 2.05) is 17.4 Å². The van der Waals surface area contributed by atoms with Crippen LogP contribution in [-0.2, 0) is 5.41 Å². The fourth-order valence-electron chi connectivity index (χ4n) is 9.73. The Bertz CT molecular complexity index is 3460. The van der Waals surface area contributed by atoms with E-state index in [9.17, 15) is 0 Å². The van der Waals surface area contributed by atoms with Gasteiger partial charge in [0, 0.05) is 47.7 Å². The minimum absolute atomic E-state index is 0.300. The maximum absolute atomic E-state index is 5.34. The molecule has 1 atom stereocenters. The highest BCUT2D eigenvalue weighted by molar-refractivity contribution is 7.27. The Hall–Kier alpha value is -7.20. The van der Waals surface area contributed by atoms with Crippen molar-refractivity contribution < 1.29 is 0 Å². The maximum Gasteiger partial charge on any atom is 0.160 e. The molecule has 9 aromatic carbocycles. The minimum atomic E-state index is -0.300. The second-order valence-corrected chi connectivity index (χ2v) is 16.8. The van der Waals surface area contributed by atoms with Crippen molar-refractivity contribution in [3.05, 3.63) is 217 Å². The van der Waals surface area contributed by atoms with Gasteiger partial charge in [-0.3, -0.25) is 0 Å². The summed E-state index contributed by atoms with van der Waals surface area (Å²) in [7, 11) is 0. The van der Waals surface area contributed by atoms with Crippen molar-refractivity contribution in [1.29, 1.82) is 0 Å². The maximum atomic E-state index is 5.34. The van der Waals surface area contributed by atoms with Gasteiger partial charge < -0.3 is 0 Å². The van der Waals surface area contributed by atoms with Crippen molar-refractivity contribution >= 4 is 53.1 Å². The SMILES string of the molecule is CC1(c2ccccc2)c2ccccc2-c2c(-c3cc(-c4cccc(-c5ccc6c(c5)sc5c7ccccc7c7ccccc7c65)c4)nc(-c4ccccc4)n3)cccc21. The highest BCUT2D eigenvalue weighted by atomic mass is 32.1. The molecule has 0 saturated carbocycles. The van der Waals surface area contributed by atoms with Gasteiger partial charge in [-0.2, -0.15) is 0 Å². The van der Waals surface area contributed by atoms with Crippen molar-refractivity contribution in [3.63, 3.8) is 0 Å². The van der Waals surface area contributed by atoms with Crippen LogP contribution in [0.3, 0.4) is 0 Å². The van der Waals surface area contributed by atoms with Crippen LogP contribution < -0.4 is 0 Å². The third kappa shape index (κ3) is 5.18. The molecule has 59 heavy (non-hydrogen) atoms. The van der Waals surface area contributed by atoms with E-state index in [1.54, 1.807) is 0 Å². The van der Waals surface area contributed by atoms with Gasteiger partial charge in [-0.1, -0.05) is 182 Å². The number of fused-ring (bicyclic) bond motifs is 11. The first-order chi connectivity index (χ1) is 29.1. The average Bonchev–Trinajstić information content (AvgIpc) is 3.83. The Morgan fingerprint density at radius 2 is 1.00 bits per heavy atom. The highest BCUT2D eigenvalue weighted by Crippen LogP contribution is 2.55. The lowest BCUT2D eigenvalue weighted by atomic mass is 9.74. The van der Waals surface area contributed by atoms with Crippen LogP contribution in [0.15, 0.2) is 200 Å². The number of thiophene rings is 1. The van der Waals surface area contributed by atoms with Gasteiger partial charge in [0.25, 0.3) is 0 Å². The molecule has 1 aliphatic carbocycles. The fourth-order valence-corrected chi connectivity index (χ4v) is 11.0. The summed E-state index contributed by atoms with van der Waals surface area (Å²) < 4.78 is 2.64. The van der Waals surface area contributed by atoms with E-state index in [4.69, 9.17) is 9.97 Å². The molecular weight excluding hydrogens is 733 g/mol. The monoisotopic (exact) mass is 768 g/mol. The molecule has 1 aliphatic rings. The van der Waals surface area contributed by atoms with E-state index in [1.165, 1.54) is 75.1 Å². The molecule has 0 amide bonds. The van der Waals surface area contributed by atoms with Crippen molar-refractivity contribution in [3.8, 4) is 56.2 Å². The quantitative estimate of drug-likeness (QED) is 0.163. The largest absolute Gasteiger partial charge is 0.228 e. The molecule has 0 aliphatic heterocycles. The molecule has 1 unspecified atom stereocenters. The number of hydrogen-bond donors (Lipinski definition) is 0. The van der Waals surface area contributed by atoms with Gasteiger partial charge in [0.15, 0.2) is 5.82 Å². The van der Waals surface area contributed by atoms with Crippen LogP contribution in [0.25, 0.3) is 97.9 Å². The van der Waals surface area contributed by atoms with Crippen LogP contribution in [-0.4, -0.2) is 9.97 Å². The Morgan fingerprint density at radius 1 is 0.407 bits per heavy atom. The lowest BCUT2D eigenvalue weighted by Crippen LogP contribution is -2.22. The van der Waals surface area contributed by atoms with E-state index in [0.29, 0.717) is 5.82 Å². The number of benzene rings is 9. The molecule has 276 valence electrons. The molecule has 2 nitrogen and oxygen atoms in total. The van der Waals surface area contributed by atoms with Crippen LogP contribution in [0.4, 0.5) is 0 Å². The number of hydrogen-bond acceptors (Lipinski definition) is 3. The van der Waals surface area contributed by atoms with Gasteiger partial charge in [0.2, 0.25) is 0 Å². The number of nitrogens with zero attached hydrogens (tertiary/aromatic N) is 2. The van der Waals surface area contributed by atoms with Crippen LogP contribution in [0.1, 0.15) is 23.6 Å². The molecule has 2 heterocycles. The smallest absolute Gasteiger partial charge is 0.160 e. The summed E-state index contributed by atoms with van der Waals surface area (Å²) in [6.07, 6.45) is 0. The molecule has 3 heteroatoms. The topological polar surface area (TPSA) is 25.8 Å².